The molecule has 2 aromatic carbocycles. The smallest absolute Gasteiger partial charge is 0.239 e. The van der Waals surface area contributed by atoms with Crippen LogP contribution in [-0.2, 0) is 22.4 Å². The van der Waals surface area contributed by atoms with Crippen molar-refractivity contribution in [2.24, 2.45) is 0 Å². The van der Waals surface area contributed by atoms with Crippen molar-refractivity contribution in [3.8, 4) is 0 Å². The van der Waals surface area contributed by atoms with Crippen molar-refractivity contribution in [3.05, 3.63) is 69.9 Å². The minimum absolute atomic E-state index is 0.0967. The number of hydrogen-bond donors (Lipinski definition) is 2. The van der Waals surface area contributed by atoms with Gasteiger partial charge in [0.25, 0.3) is 0 Å². The maximum Gasteiger partial charge on any atom is 0.239 e. The van der Waals surface area contributed by atoms with E-state index in [1.54, 1.807) is 18.2 Å². The summed E-state index contributed by atoms with van der Waals surface area (Å²) in [6.07, 6.45) is 0.604. The topological polar surface area (TPSA) is 58.2 Å². The van der Waals surface area contributed by atoms with E-state index in [1.165, 1.54) is 6.07 Å². The molecule has 24 heavy (non-hydrogen) atoms. The summed E-state index contributed by atoms with van der Waals surface area (Å²) >= 11 is 3.38. The minimum atomic E-state index is -0.299. The van der Waals surface area contributed by atoms with E-state index in [0.717, 1.165) is 10.0 Å². The maximum absolute atomic E-state index is 13.4. The van der Waals surface area contributed by atoms with E-state index in [1.807, 2.05) is 24.3 Å². The number of amides is 2. The van der Waals surface area contributed by atoms with Gasteiger partial charge in [0.05, 0.1) is 13.0 Å². The molecular weight excluding hydrogens is 375 g/mol. The van der Waals surface area contributed by atoms with Crippen LogP contribution in [0.5, 0.6) is 0 Å². The molecule has 0 aliphatic heterocycles. The monoisotopic (exact) mass is 392 g/mol. The van der Waals surface area contributed by atoms with E-state index in [0.29, 0.717) is 18.5 Å². The van der Waals surface area contributed by atoms with E-state index in [4.69, 9.17) is 0 Å². The summed E-state index contributed by atoms with van der Waals surface area (Å²) in [6.45, 7) is 0.223. The van der Waals surface area contributed by atoms with Crippen LogP contribution < -0.4 is 10.6 Å². The first kappa shape index (κ1) is 18.1. The van der Waals surface area contributed by atoms with E-state index in [9.17, 15) is 14.0 Å². The molecule has 2 aromatic rings. The zero-order valence-electron chi connectivity index (χ0n) is 13.0. The standard InChI is InChI=1S/C18H18BrFN2O2/c19-15-7-3-1-6-14(15)11-17(23)22-12-18(24)21-10-9-13-5-2-4-8-16(13)20/h1-8H,9-12H2,(H,21,24)(H,22,23). The fraction of sp³-hybridized carbons (Fsp3) is 0.222. The lowest BCUT2D eigenvalue weighted by atomic mass is 10.1. The molecule has 0 aliphatic carbocycles. The second kappa shape index (κ2) is 9.17. The first-order valence-corrected chi connectivity index (χ1v) is 8.36. The van der Waals surface area contributed by atoms with E-state index < -0.39 is 0 Å². The molecule has 0 heterocycles. The SMILES string of the molecule is O=C(CNC(=O)Cc1ccccc1Br)NCCc1ccccc1F. The van der Waals surface area contributed by atoms with Gasteiger partial charge in [-0.2, -0.15) is 0 Å². The summed E-state index contributed by atoms with van der Waals surface area (Å²) in [5.41, 5.74) is 1.41. The summed E-state index contributed by atoms with van der Waals surface area (Å²) in [5, 5.41) is 5.23. The molecule has 2 N–H and O–H groups in total. The summed E-state index contributed by atoms with van der Waals surface area (Å²) in [7, 11) is 0. The van der Waals surface area contributed by atoms with Crippen LogP contribution in [0.25, 0.3) is 0 Å². The number of nitrogens with one attached hydrogen (secondary N) is 2. The van der Waals surface area contributed by atoms with Crippen LogP contribution >= 0.6 is 15.9 Å². The quantitative estimate of drug-likeness (QED) is 0.760. The zero-order valence-corrected chi connectivity index (χ0v) is 14.6. The molecule has 0 atom stereocenters. The molecule has 2 rings (SSSR count). The fourth-order valence-electron chi connectivity index (χ4n) is 2.16. The predicted molar refractivity (Wildman–Crippen MR) is 94.0 cm³/mol. The van der Waals surface area contributed by atoms with Gasteiger partial charge in [-0.1, -0.05) is 52.3 Å². The van der Waals surface area contributed by atoms with Gasteiger partial charge < -0.3 is 10.6 Å². The Balaban J connectivity index is 1.68. The fourth-order valence-corrected chi connectivity index (χ4v) is 2.58. The molecule has 126 valence electrons. The van der Waals surface area contributed by atoms with E-state index in [2.05, 4.69) is 26.6 Å². The van der Waals surface area contributed by atoms with Crippen molar-refractivity contribution >= 4 is 27.7 Å². The Bertz CT molecular complexity index is 722. The van der Waals surface area contributed by atoms with Gasteiger partial charge in [-0.05, 0) is 29.7 Å². The van der Waals surface area contributed by atoms with Crippen LogP contribution in [0.15, 0.2) is 53.0 Å². The summed E-state index contributed by atoms with van der Waals surface area (Å²) < 4.78 is 14.3. The highest BCUT2D eigenvalue weighted by molar-refractivity contribution is 9.10. The Hall–Kier alpha value is -2.21. The van der Waals surface area contributed by atoms with Gasteiger partial charge in [0.1, 0.15) is 5.82 Å². The van der Waals surface area contributed by atoms with Crippen LogP contribution in [-0.4, -0.2) is 24.9 Å². The lowest BCUT2D eigenvalue weighted by molar-refractivity contribution is -0.125. The van der Waals surface area contributed by atoms with Crippen molar-refractivity contribution in [1.82, 2.24) is 10.6 Å². The molecule has 0 aliphatic rings. The molecule has 0 saturated carbocycles. The van der Waals surface area contributed by atoms with Gasteiger partial charge in [0.15, 0.2) is 0 Å². The Labute approximate surface area is 148 Å². The van der Waals surface area contributed by atoms with E-state index in [-0.39, 0.29) is 30.6 Å². The molecule has 2 amide bonds. The van der Waals surface area contributed by atoms with Gasteiger partial charge in [0, 0.05) is 11.0 Å². The van der Waals surface area contributed by atoms with Gasteiger partial charge in [-0.25, -0.2) is 4.39 Å². The molecule has 0 radical (unpaired) electrons. The Morgan fingerprint density at radius 3 is 2.29 bits per heavy atom. The van der Waals surface area contributed by atoms with Gasteiger partial charge in [-0.3, -0.25) is 9.59 Å². The first-order valence-electron chi connectivity index (χ1n) is 7.56. The molecule has 0 bridgehead atoms. The molecule has 0 aromatic heterocycles. The van der Waals surface area contributed by atoms with E-state index >= 15 is 0 Å². The van der Waals surface area contributed by atoms with Crippen molar-refractivity contribution in [2.45, 2.75) is 12.8 Å². The van der Waals surface area contributed by atoms with Crippen LogP contribution in [0.4, 0.5) is 4.39 Å². The highest BCUT2D eigenvalue weighted by Crippen LogP contribution is 2.16. The normalized spacial score (nSPS) is 10.2. The van der Waals surface area contributed by atoms with Crippen LogP contribution in [0.3, 0.4) is 0 Å². The third-order valence-electron chi connectivity index (χ3n) is 3.43. The third kappa shape index (κ3) is 5.77. The van der Waals surface area contributed by atoms with Gasteiger partial charge in [0.2, 0.25) is 11.8 Å². The van der Waals surface area contributed by atoms with Crippen molar-refractivity contribution < 1.29 is 14.0 Å². The summed E-state index contributed by atoms with van der Waals surface area (Å²) in [6, 6.07) is 13.9. The van der Waals surface area contributed by atoms with Crippen LogP contribution in [0, 0.1) is 5.82 Å². The Kier molecular flexibility index (Phi) is 6.93. The highest BCUT2D eigenvalue weighted by atomic mass is 79.9. The van der Waals surface area contributed by atoms with Gasteiger partial charge >= 0.3 is 0 Å². The number of benzene rings is 2. The Morgan fingerprint density at radius 1 is 0.917 bits per heavy atom. The lowest BCUT2D eigenvalue weighted by Gasteiger charge is -2.08. The minimum Gasteiger partial charge on any atom is -0.354 e. The zero-order chi connectivity index (χ0) is 17.4. The number of hydrogen-bond acceptors (Lipinski definition) is 2. The summed E-state index contributed by atoms with van der Waals surface area (Å²) in [5.74, 6) is -0.813. The maximum atomic E-state index is 13.4. The van der Waals surface area contributed by atoms with Crippen LogP contribution in [0.2, 0.25) is 0 Å². The van der Waals surface area contributed by atoms with Crippen molar-refractivity contribution in [1.29, 1.82) is 0 Å². The number of rotatable bonds is 7. The molecule has 0 spiro atoms. The van der Waals surface area contributed by atoms with Crippen molar-refractivity contribution in [2.75, 3.05) is 13.1 Å². The third-order valence-corrected chi connectivity index (χ3v) is 4.20. The Morgan fingerprint density at radius 2 is 1.58 bits per heavy atom. The summed E-state index contributed by atoms with van der Waals surface area (Å²) in [4.78, 5) is 23.6. The first-order chi connectivity index (χ1) is 11.6. The molecule has 0 unspecified atom stereocenters. The van der Waals surface area contributed by atoms with Crippen LogP contribution in [0.1, 0.15) is 11.1 Å². The number of carbonyl (C=O) groups is 2. The molecule has 0 fully saturated rings. The molecule has 0 saturated heterocycles. The molecule has 4 nitrogen and oxygen atoms in total. The second-order valence-electron chi connectivity index (χ2n) is 5.24. The molecular formula is C18H18BrFN2O2. The number of halogens is 2. The van der Waals surface area contributed by atoms with Crippen molar-refractivity contribution in [3.63, 3.8) is 0 Å². The second-order valence-corrected chi connectivity index (χ2v) is 6.09. The largest absolute Gasteiger partial charge is 0.354 e. The average Bonchev–Trinajstić information content (AvgIpc) is 2.57. The number of carbonyl (C=O) groups excluding carboxylic acids is 2. The average molecular weight is 393 g/mol. The molecule has 6 heteroatoms. The highest BCUT2D eigenvalue weighted by Gasteiger charge is 2.08. The predicted octanol–water partition coefficient (Wildman–Crippen LogP) is 2.61. The van der Waals surface area contributed by atoms with Gasteiger partial charge in [-0.15, -0.1) is 0 Å². The lowest BCUT2D eigenvalue weighted by Crippen LogP contribution is -2.38.